The van der Waals surface area contributed by atoms with Crippen molar-refractivity contribution in [2.45, 2.75) is 19.3 Å². The first kappa shape index (κ1) is 28.2. The minimum absolute atomic E-state index is 0.0842. The number of halogens is 6. The molecule has 2 aromatic rings. The average Bonchev–Trinajstić information content (AvgIpc) is 2.81. The summed E-state index contributed by atoms with van der Waals surface area (Å²) in [5.74, 6) is 0.835. The van der Waals surface area contributed by atoms with Gasteiger partial charge in [-0.1, -0.05) is 6.07 Å². The molecule has 0 saturated carbocycles. The number of alkyl halides is 6. The molecule has 12 heteroatoms. The molecule has 1 fully saturated rings. The highest BCUT2D eigenvalue weighted by Crippen LogP contribution is 2.37. The molecule has 3 N–H and O–H groups in total. The first-order valence-corrected chi connectivity index (χ1v) is 10.8. The van der Waals surface area contributed by atoms with E-state index in [1.54, 1.807) is 0 Å². The topological polar surface area (TPSA) is 65.6 Å². The van der Waals surface area contributed by atoms with Gasteiger partial charge in [0, 0.05) is 57.2 Å². The Balaban J connectivity index is 0.000000251. The summed E-state index contributed by atoms with van der Waals surface area (Å²) in [4.78, 5) is 12.8. The number of piperazine rings is 1. The Labute approximate surface area is 199 Å². The summed E-state index contributed by atoms with van der Waals surface area (Å²) in [5.41, 5.74) is -1.05. The summed E-state index contributed by atoms with van der Waals surface area (Å²) < 4.78 is 79.5. The Hall–Kier alpha value is -2.99. The van der Waals surface area contributed by atoms with Gasteiger partial charge in [0.15, 0.2) is 0 Å². The fourth-order valence-corrected chi connectivity index (χ4v) is 3.23. The van der Waals surface area contributed by atoms with Crippen molar-refractivity contribution in [3.05, 3.63) is 53.1 Å². The lowest BCUT2D eigenvalue weighted by atomic mass is 10.1. The second kappa shape index (κ2) is 12.6. The number of benzene rings is 2. The van der Waals surface area contributed by atoms with Gasteiger partial charge in [0.05, 0.1) is 11.1 Å². The van der Waals surface area contributed by atoms with Gasteiger partial charge in [-0.05, 0) is 36.8 Å². The molecular weight excluding hydrogens is 478 g/mol. The SMILES string of the molecule is CNc1cc(C(F)(F)F)cc(C(F)(F)F)c1.Cc1ccc(NC=O)cc1OCCN1CCNCC1. The number of ether oxygens (including phenoxy) is 1. The summed E-state index contributed by atoms with van der Waals surface area (Å²) in [6.45, 7) is 7.88. The van der Waals surface area contributed by atoms with Crippen LogP contribution in [-0.2, 0) is 17.1 Å². The molecule has 0 spiro atoms. The Bertz CT molecular complexity index is 928. The first-order chi connectivity index (χ1) is 16.4. The molecule has 0 atom stereocenters. The number of carbonyl (C=O) groups is 1. The van der Waals surface area contributed by atoms with Crippen molar-refractivity contribution in [3.63, 3.8) is 0 Å². The van der Waals surface area contributed by atoms with Crippen LogP contribution in [0.4, 0.5) is 37.7 Å². The van der Waals surface area contributed by atoms with Gasteiger partial charge < -0.3 is 20.7 Å². The fraction of sp³-hybridized carbons (Fsp3) is 0.435. The molecule has 0 unspecified atom stereocenters. The highest BCUT2D eigenvalue weighted by atomic mass is 19.4. The number of amides is 1. The molecule has 1 aliphatic heterocycles. The quantitative estimate of drug-likeness (QED) is 0.378. The van der Waals surface area contributed by atoms with Crippen molar-refractivity contribution in [1.82, 2.24) is 10.2 Å². The van der Waals surface area contributed by atoms with Gasteiger partial charge in [-0.3, -0.25) is 9.69 Å². The highest BCUT2D eigenvalue weighted by Gasteiger charge is 2.36. The molecule has 3 rings (SSSR count). The summed E-state index contributed by atoms with van der Waals surface area (Å²) >= 11 is 0. The van der Waals surface area contributed by atoms with Gasteiger partial charge >= 0.3 is 12.4 Å². The van der Waals surface area contributed by atoms with Gasteiger partial charge in [0.1, 0.15) is 12.4 Å². The van der Waals surface area contributed by atoms with Gasteiger partial charge in [0.25, 0.3) is 0 Å². The molecule has 1 aliphatic rings. The molecule has 6 nitrogen and oxygen atoms in total. The number of hydrogen-bond donors (Lipinski definition) is 3. The molecule has 194 valence electrons. The van der Waals surface area contributed by atoms with Crippen LogP contribution >= 0.6 is 0 Å². The van der Waals surface area contributed by atoms with Crippen molar-refractivity contribution >= 4 is 17.8 Å². The highest BCUT2D eigenvalue weighted by molar-refractivity contribution is 5.72. The summed E-state index contributed by atoms with van der Waals surface area (Å²) in [5, 5.41) is 8.22. The van der Waals surface area contributed by atoms with E-state index in [9.17, 15) is 31.1 Å². The van der Waals surface area contributed by atoms with Gasteiger partial charge in [-0.2, -0.15) is 26.3 Å². The van der Waals surface area contributed by atoms with E-state index in [0.717, 1.165) is 49.7 Å². The van der Waals surface area contributed by atoms with Crippen molar-refractivity contribution in [1.29, 1.82) is 0 Å². The van der Waals surface area contributed by atoms with Crippen LogP contribution in [-0.4, -0.2) is 57.7 Å². The normalized spacial score (nSPS) is 14.5. The molecule has 2 aromatic carbocycles. The Morgan fingerprint density at radius 2 is 1.57 bits per heavy atom. The summed E-state index contributed by atoms with van der Waals surface area (Å²) in [6, 6.07) is 7.01. The lowest BCUT2D eigenvalue weighted by molar-refractivity contribution is -0.143. The Morgan fingerprint density at radius 3 is 2.09 bits per heavy atom. The average molecular weight is 506 g/mol. The Morgan fingerprint density at radius 1 is 0.971 bits per heavy atom. The molecule has 0 bridgehead atoms. The van der Waals surface area contributed by atoms with Gasteiger partial charge in [-0.25, -0.2) is 0 Å². The van der Waals surface area contributed by atoms with E-state index in [1.165, 1.54) is 7.05 Å². The number of rotatable bonds is 7. The van der Waals surface area contributed by atoms with Gasteiger partial charge in [0.2, 0.25) is 6.41 Å². The van der Waals surface area contributed by atoms with E-state index < -0.39 is 23.5 Å². The maximum absolute atomic E-state index is 12.3. The van der Waals surface area contributed by atoms with E-state index in [2.05, 4.69) is 20.9 Å². The van der Waals surface area contributed by atoms with Crippen molar-refractivity contribution < 1.29 is 35.9 Å². The smallest absolute Gasteiger partial charge is 0.416 e. The third kappa shape index (κ3) is 9.29. The van der Waals surface area contributed by atoms with E-state index in [4.69, 9.17) is 4.74 Å². The fourth-order valence-electron chi connectivity index (χ4n) is 3.23. The van der Waals surface area contributed by atoms with E-state index >= 15 is 0 Å². The number of anilines is 2. The molecule has 1 heterocycles. The molecule has 0 aliphatic carbocycles. The molecule has 1 saturated heterocycles. The second-order valence-corrected chi connectivity index (χ2v) is 7.73. The zero-order chi connectivity index (χ0) is 26.1. The van der Waals surface area contributed by atoms with Crippen LogP contribution in [0.15, 0.2) is 36.4 Å². The molecule has 35 heavy (non-hydrogen) atoms. The third-order valence-corrected chi connectivity index (χ3v) is 5.16. The largest absolute Gasteiger partial charge is 0.492 e. The predicted molar refractivity (Wildman–Crippen MR) is 122 cm³/mol. The van der Waals surface area contributed by atoms with Crippen LogP contribution in [0.3, 0.4) is 0 Å². The van der Waals surface area contributed by atoms with E-state index in [-0.39, 0.29) is 11.8 Å². The number of nitrogens with one attached hydrogen (secondary N) is 3. The van der Waals surface area contributed by atoms with Crippen LogP contribution in [0.25, 0.3) is 0 Å². The van der Waals surface area contributed by atoms with Crippen molar-refractivity contribution in [2.75, 3.05) is 57.0 Å². The van der Waals surface area contributed by atoms with E-state index in [1.807, 2.05) is 25.1 Å². The zero-order valence-corrected chi connectivity index (χ0v) is 19.3. The van der Waals surface area contributed by atoms with E-state index in [0.29, 0.717) is 25.1 Å². The maximum atomic E-state index is 12.3. The first-order valence-electron chi connectivity index (χ1n) is 10.8. The molecule has 0 aromatic heterocycles. The zero-order valence-electron chi connectivity index (χ0n) is 19.3. The van der Waals surface area contributed by atoms with Crippen molar-refractivity contribution in [2.24, 2.45) is 0 Å². The van der Waals surface area contributed by atoms with Crippen LogP contribution < -0.4 is 20.7 Å². The maximum Gasteiger partial charge on any atom is 0.416 e. The Kier molecular flexibility index (Phi) is 10.2. The van der Waals surface area contributed by atoms with Crippen LogP contribution in [0.5, 0.6) is 5.75 Å². The van der Waals surface area contributed by atoms with Crippen LogP contribution in [0, 0.1) is 6.92 Å². The molecule has 1 amide bonds. The number of hydrogen-bond acceptors (Lipinski definition) is 5. The third-order valence-electron chi connectivity index (χ3n) is 5.16. The van der Waals surface area contributed by atoms with Gasteiger partial charge in [-0.15, -0.1) is 0 Å². The standard InChI is InChI=1S/C14H21N3O2.C9H7F6N/c1-12-2-3-13(16-11-18)10-14(12)19-9-8-17-6-4-15-5-7-17;1-16-7-3-5(8(10,11)12)2-6(4-7)9(13,14)15/h2-3,10-11,15H,4-9H2,1H3,(H,16,18);2-4,16H,1H3. The molecule has 0 radical (unpaired) electrons. The number of nitrogens with zero attached hydrogens (tertiary/aromatic N) is 1. The lowest BCUT2D eigenvalue weighted by Crippen LogP contribution is -2.44. The van der Waals surface area contributed by atoms with Crippen LogP contribution in [0.2, 0.25) is 0 Å². The van der Waals surface area contributed by atoms with Crippen molar-refractivity contribution in [3.8, 4) is 5.75 Å². The predicted octanol–water partition coefficient (Wildman–Crippen LogP) is 4.61. The summed E-state index contributed by atoms with van der Waals surface area (Å²) in [6.07, 6.45) is -8.92. The van der Waals surface area contributed by atoms with Crippen LogP contribution in [0.1, 0.15) is 16.7 Å². The molecular formula is C23H28F6N4O2. The minimum atomic E-state index is -4.80. The summed E-state index contributed by atoms with van der Waals surface area (Å²) in [7, 11) is 1.25. The lowest BCUT2D eigenvalue weighted by Gasteiger charge is -2.27. The number of carbonyl (C=O) groups excluding carboxylic acids is 1. The number of aryl methyl sites for hydroxylation is 1. The second-order valence-electron chi connectivity index (χ2n) is 7.73. The monoisotopic (exact) mass is 506 g/mol. The minimum Gasteiger partial charge on any atom is -0.492 e.